The molecule has 6 heteroatoms. The third kappa shape index (κ3) is 4.87. The number of dihydropyridines is 1. The summed E-state index contributed by atoms with van der Waals surface area (Å²) in [5.41, 5.74) is 5.88. The molecule has 1 fully saturated rings. The van der Waals surface area contributed by atoms with Gasteiger partial charge in [0.15, 0.2) is 5.82 Å². The predicted octanol–water partition coefficient (Wildman–Crippen LogP) is 5.40. The lowest BCUT2D eigenvalue weighted by Crippen LogP contribution is -2.33. The maximum absolute atomic E-state index is 5.48. The Labute approximate surface area is 199 Å². The van der Waals surface area contributed by atoms with E-state index >= 15 is 0 Å². The Kier molecular flexibility index (Phi) is 6.55. The van der Waals surface area contributed by atoms with E-state index in [4.69, 9.17) is 14.7 Å². The first-order valence-electron chi connectivity index (χ1n) is 11.6. The van der Waals surface area contributed by atoms with Gasteiger partial charge in [-0.3, -0.25) is 4.90 Å². The van der Waals surface area contributed by atoms with Crippen LogP contribution in [0.5, 0.6) is 5.75 Å². The van der Waals surface area contributed by atoms with Crippen molar-refractivity contribution in [1.82, 2.24) is 20.2 Å². The highest BCUT2D eigenvalue weighted by Gasteiger charge is 2.26. The van der Waals surface area contributed by atoms with Gasteiger partial charge in [-0.2, -0.15) is 0 Å². The molecule has 0 bridgehead atoms. The molecule has 0 amide bonds. The van der Waals surface area contributed by atoms with Gasteiger partial charge in [-0.25, -0.2) is 9.97 Å². The lowest BCUT2D eigenvalue weighted by Gasteiger charge is -2.32. The summed E-state index contributed by atoms with van der Waals surface area (Å²) in [5.74, 6) is 2.08. The number of aryl methyl sites for hydroxylation is 1. The minimum absolute atomic E-state index is 0.417. The van der Waals surface area contributed by atoms with E-state index in [1.54, 1.807) is 7.11 Å². The van der Waals surface area contributed by atoms with Gasteiger partial charge in [-0.05, 0) is 79.8 Å². The Morgan fingerprint density at radius 1 is 1.21 bits per heavy atom. The van der Waals surface area contributed by atoms with E-state index in [-0.39, 0.29) is 0 Å². The van der Waals surface area contributed by atoms with Gasteiger partial charge in [0.05, 0.1) is 12.8 Å². The number of rotatable bonds is 6. The largest absolute Gasteiger partial charge is 0.497 e. The molecule has 2 aliphatic heterocycles. The van der Waals surface area contributed by atoms with Gasteiger partial charge >= 0.3 is 0 Å². The first-order chi connectivity index (χ1) is 16.2. The van der Waals surface area contributed by atoms with Crippen LogP contribution in [0.1, 0.15) is 40.7 Å². The monoisotopic (exact) mass is 458 g/mol. The summed E-state index contributed by atoms with van der Waals surface area (Å²) in [4.78, 5) is 14.0. The molecule has 1 saturated heterocycles. The minimum atomic E-state index is 0.417. The summed E-state index contributed by atoms with van der Waals surface area (Å²) in [6.07, 6.45) is 10.4. The zero-order chi connectivity index (χ0) is 22.6. The van der Waals surface area contributed by atoms with Gasteiger partial charge in [0.2, 0.25) is 0 Å². The van der Waals surface area contributed by atoms with Crippen LogP contribution in [0, 0.1) is 6.92 Å². The second-order valence-corrected chi connectivity index (χ2v) is 9.70. The van der Waals surface area contributed by atoms with Crippen LogP contribution < -0.4 is 10.1 Å². The Balaban J connectivity index is 1.43. The number of hydrogen-bond donors (Lipinski definition) is 1. The van der Waals surface area contributed by atoms with Crippen LogP contribution in [-0.2, 0) is 6.54 Å². The standard InChI is InChI=1S/C27H30N4OS/c1-19-10-15-33-25(19)18-31-13-8-20(9-14-31)26-24(22-4-3-5-23(16-22)32-2)17-29-27(30-26)21-6-11-28-12-7-21/h3-7,10-11,15-17,20,28H,8-9,12-14,18H2,1-2H3. The first kappa shape index (κ1) is 21.9. The summed E-state index contributed by atoms with van der Waals surface area (Å²) < 4.78 is 5.48. The number of benzene rings is 1. The van der Waals surface area contributed by atoms with Gasteiger partial charge in [0.1, 0.15) is 5.75 Å². The highest BCUT2D eigenvalue weighted by atomic mass is 32.1. The third-order valence-corrected chi connectivity index (χ3v) is 7.60. The van der Waals surface area contributed by atoms with Gasteiger partial charge < -0.3 is 10.1 Å². The Bertz CT molecular complexity index is 1170. The highest BCUT2D eigenvalue weighted by molar-refractivity contribution is 7.10. The van der Waals surface area contributed by atoms with E-state index in [0.717, 1.165) is 73.0 Å². The molecule has 0 radical (unpaired) electrons. The SMILES string of the molecule is COc1cccc(-c2cnc(C3=CCNC=C3)nc2C2CCN(Cc3sccc3C)CC2)c1. The van der Waals surface area contributed by atoms with E-state index in [0.29, 0.717) is 5.92 Å². The lowest BCUT2D eigenvalue weighted by atomic mass is 9.88. The smallest absolute Gasteiger partial charge is 0.159 e. The zero-order valence-corrected chi connectivity index (χ0v) is 20.1. The van der Waals surface area contributed by atoms with Crippen LogP contribution in [0.4, 0.5) is 0 Å². The molecular formula is C27H30N4OS. The fourth-order valence-electron chi connectivity index (χ4n) is 4.61. The van der Waals surface area contributed by atoms with Crippen LogP contribution >= 0.6 is 11.3 Å². The molecule has 0 aliphatic carbocycles. The van der Waals surface area contributed by atoms with Crippen LogP contribution in [0.15, 0.2) is 60.3 Å². The summed E-state index contributed by atoms with van der Waals surface area (Å²) >= 11 is 1.87. The molecule has 1 N–H and O–H groups in total. The Morgan fingerprint density at radius 2 is 2.09 bits per heavy atom. The molecule has 2 aromatic heterocycles. The maximum Gasteiger partial charge on any atom is 0.159 e. The molecule has 5 rings (SSSR count). The van der Waals surface area contributed by atoms with Crippen LogP contribution in [-0.4, -0.2) is 41.6 Å². The topological polar surface area (TPSA) is 50.3 Å². The van der Waals surface area contributed by atoms with E-state index < -0.39 is 0 Å². The van der Waals surface area contributed by atoms with Crippen molar-refractivity contribution in [1.29, 1.82) is 0 Å². The average Bonchev–Trinajstić information content (AvgIpc) is 3.29. The Hall–Kier alpha value is -2.96. The molecule has 33 heavy (non-hydrogen) atoms. The number of hydrogen-bond acceptors (Lipinski definition) is 6. The summed E-state index contributed by atoms with van der Waals surface area (Å²) in [6.45, 7) is 6.25. The molecule has 0 saturated carbocycles. The third-order valence-electron chi connectivity index (χ3n) is 6.59. The van der Waals surface area contributed by atoms with E-state index in [2.05, 4.69) is 52.9 Å². The number of aromatic nitrogens is 2. The molecule has 2 aliphatic rings. The van der Waals surface area contributed by atoms with E-state index in [1.807, 2.05) is 35.9 Å². The van der Waals surface area contributed by atoms with Crippen molar-refractivity contribution in [3.63, 3.8) is 0 Å². The number of nitrogens with one attached hydrogen (secondary N) is 1. The number of nitrogens with zero attached hydrogens (tertiary/aromatic N) is 3. The number of ether oxygens (including phenoxy) is 1. The molecule has 1 aromatic carbocycles. The lowest BCUT2D eigenvalue weighted by molar-refractivity contribution is 0.204. The predicted molar refractivity (Wildman–Crippen MR) is 135 cm³/mol. The number of thiophene rings is 1. The van der Waals surface area contributed by atoms with Crippen LogP contribution in [0.25, 0.3) is 16.7 Å². The molecule has 170 valence electrons. The summed E-state index contributed by atoms with van der Waals surface area (Å²) in [5, 5.41) is 5.41. The zero-order valence-electron chi connectivity index (χ0n) is 19.3. The fraction of sp³-hybridized carbons (Fsp3) is 0.333. The number of allylic oxidation sites excluding steroid dienone is 2. The second kappa shape index (κ2) is 9.89. The van der Waals surface area contributed by atoms with Crippen molar-refractivity contribution in [3.05, 3.63) is 82.2 Å². The summed E-state index contributed by atoms with van der Waals surface area (Å²) in [7, 11) is 1.71. The van der Waals surface area contributed by atoms with E-state index in [9.17, 15) is 0 Å². The Morgan fingerprint density at radius 3 is 2.82 bits per heavy atom. The molecule has 0 unspecified atom stereocenters. The van der Waals surface area contributed by atoms with Crippen molar-refractivity contribution in [2.24, 2.45) is 0 Å². The minimum Gasteiger partial charge on any atom is -0.497 e. The molecule has 0 atom stereocenters. The molecule has 5 nitrogen and oxygen atoms in total. The number of piperidine rings is 1. The van der Waals surface area contributed by atoms with Crippen LogP contribution in [0.2, 0.25) is 0 Å². The highest BCUT2D eigenvalue weighted by Crippen LogP contribution is 2.36. The van der Waals surface area contributed by atoms with Crippen molar-refractivity contribution in [2.75, 3.05) is 26.7 Å². The molecule has 0 spiro atoms. The quantitative estimate of drug-likeness (QED) is 0.536. The van der Waals surface area contributed by atoms with E-state index in [1.165, 1.54) is 10.4 Å². The van der Waals surface area contributed by atoms with Crippen molar-refractivity contribution < 1.29 is 4.74 Å². The van der Waals surface area contributed by atoms with Gasteiger partial charge in [-0.15, -0.1) is 11.3 Å². The van der Waals surface area contributed by atoms with Crippen molar-refractivity contribution in [2.45, 2.75) is 32.2 Å². The normalized spacial score (nSPS) is 17.0. The maximum atomic E-state index is 5.48. The average molecular weight is 459 g/mol. The number of methoxy groups -OCH3 is 1. The first-order valence-corrected chi connectivity index (χ1v) is 12.5. The van der Waals surface area contributed by atoms with Gasteiger partial charge in [0.25, 0.3) is 0 Å². The van der Waals surface area contributed by atoms with Crippen LogP contribution in [0.3, 0.4) is 0 Å². The number of likely N-dealkylation sites (tertiary alicyclic amines) is 1. The molecule has 3 aromatic rings. The van der Waals surface area contributed by atoms with Crippen molar-refractivity contribution in [3.8, 4) is 16.9 Å². The molecular weight excluding hydrogens is 428 g/mol. The van der Waals surface area contributed by atoms with Crippen molar-refractivity contribution >= 4 is 16.9 Å². The summed E-state index contributed by atoms with van der Waals surface area (Å²) in [6, 6.07) is 10.5. The van der Waals surface area contributed by atoms with Gasteiger partial charge in [-0.1, -0.05) is 18.2 Å². The van der Waals surface area contributed by atoms with Gasteiger partial charge in [0, 0.05) is 41.2 Å². The second-order valence-electron chi connectivity index (χ2n) is 8.70. The molecule has 4 heterocycles. The fourth-order valence-corrected chi connectivity index (χ4v) is 5.56.